The summed E-state index contributed by atoms with van der Waals surface area (Å²) in [6.45, 7) is 0. The van der Waals surface area contributed by atoms with Crippen LogP contribution in [0, 0.1) is 0 Å². The zero-order valence-corrected chi connectivity index (χ0v) is 13.8. The number of H-pyrrole nitrogens is 1. The third-order valence-corrected chi connectivity index (χ3v) is 4.44. The van der Waals surface area contributed by atoms with Crippen molar-refractivity contribution in [1.82, 2.24) is 4.98 Å². The third kappa shape index (κ3) is 2.89. The molecule has 0 amide bonds. The van der Waals surface area contributed by atoms with Gasteiger partial charge in [0.1, 0.15) is 0 Å². The van der Waals surface area contributed by atoms with Crippen LogP contribution in [0.15, 0.2) is 85.1 Å². The lowest BCUT2D eigenvalue weighted by atomic mass is 9.98. The molecular weight excluding hydrogens is 316 g/mol. The fourth-order valence-corrected chi connectivity index (χ4v) is 3.25. The summed E-state index contributed by atoms with van der Waals surface area (Å²) < 4.78 is 0. The number of anilines is 1. The standard InChI is InChI=1S/C21H17ClN2/c22-16-9-6-10-17(13-16)24-21(15-7-2-1-3-8-15)19-14-23-20-12-5-4-11-18(19)20/h1-14,21,23-24H. The summed E-state index contributed by atoms with van der Waals surface area (Å²) in [5.41, 5.74) is 4.57. The van der Waals surface area contributed by atoms with E-state index in [2.05, 4.69) is 59.0 Å². The number of hydrogen-bond acceptors (Lipinski definition) is 1. The van der Waals surface area contributed by atoms with Gasteiger partial charge >= 0.3 is 0 Å². The number of hydrogen-bond donors (Lipinski definition) is 2. The summed E-state index contributed by atoms with van der Waals surface area (Å²) in [6.07, 6.45) is 2.08. The molecule has 0 saturated carbocycles. The van der Waals surface area contributed by atoms with Crippen LogP contribution in [0.25, 0.3) is 10.9 Å². The van der Waals surface area contributed by atoms with Gasteiger partial charge in [-0.1, -0.05) is 66.2 Å². The van der Waals surface area contributed by atoms with Gasteiger partial charge in [0.25, 0.3) is 0 Å². The Morgan fingerprint density at radius 2 is 1.62 bits per heavy atom. The molecule has 1 heterocycles. The first kappa shape index (κ1) is 14.9. The highest BCUT2D eigenvalue weighted by Crippen LogP contribution is 2.32. The van der Waals surface area contributed by atoms with E-state index < -0.39 is 0 Å². The molecule has 3 heteroatoms. The second-order valence-corrected chi connectivity index (χ2v) is 6.22. The molecule has 1 aromatic heterocycles. The maximum absolute atomic E-state index is 6.15. The van der Waals surface area contributed by atoms with E-state index in [0.717, 1.165) is 16.2 Å². The van der Waals surface area contributed by atoms with Gasteiger partial charge in [-0.15, -0.1) is 0 Å². The van der Waals surface area contributed by atoms with Crippen molar-refractivity contribution in [3.8, 4) is 0 Å². The summed E-state index contributed by atoms with van der Waals surface area (Å²) in [5, 5.41) is 5.58. The molecule has 1 atom stereocenters. The van der Waals surface area contributed by atoms with Gasteiger partial charge in [-0.2, -0.15) is 0 Å². The van der Waals surface area contributed by atoms with E-state index in [1.165, 1.54) is 16.5 Å². The minimum atomic E-state index is 0.0424. The lowest BCUT2D eigenvalue weighted by molar-refractivity contribution is 0.949. The monoisotopic (exact) mass is 332 g/mol. The first-order valence-electron chi connectivity index (χ1n) is 7.94. The zero-order valence-electron chi connectivity index (χ0n) is 13.0. The predicted octanol–water partition coefficient (Wildman–Crippen LogP) is 6.02. The van der Waals surface area contributed by atoms with Gasteiger partial charge in [0.05, 0.1) is 6.04 Å². The molecule has 0 radical (unpaired) electrons. The van der Waals surface area contributed by atoms with Crippen molar-refractivity contribution in [3.05, 3.63) is 101 Å². The second-order valence-electron chi connectivity index (χ2n) is 5.79. The molecular formula is C21H17ClN2. The highest BCUT2D eigenvalue weighted by Gasteiger charge is 2.17. The normalized spacial score (nSPS) is 12.2. The van der Waals surface area contributed by atoms with Crippen molar-refractivity contribution in [1.29, 1.82) is 0 Å². The second kappa shape index (κ2) is 6.42. The molecule has 4 aromatic rings. The fraction of sp³-hybridized carbons (Fsp3) is 0.0476. The number of rotatable bonds is 4. The molecule has 4 rings (SSSR count). The van der Waals surface area contributed by atoms with Crippen LogP contribution < -0.4 is 5.32 Å². The molecule has 3 aromatic carbocycles. The Balaban J connectivity index is 1.82. The summed E-state index contributed by atoms with van der Waals surface area (Å²) in [6, 6.07) is 26.7. The number of nitrogens with one attached hydrogen (secondary N) is 2. The van der Waals surface area contributed by atoms with Crippen LogP contribution in [0.1, 0.15) is 17.2 Å². The molecule has 1 unspecified atom stereocenters. The van der Waals surface area contributed by atoms with Crippen LogP contribution in [0.5, 0.6) is 0 Å². The molecule has 2 N–H and O–H groups in total. The van der Waals surface area contributed by atoms with Crippen LogP contribution in [0.3, 0.4) is 0 Å². The van der Waals surface area contributed by atoms with Crippen molar-refractivity contribution >= 4 is 28.2 Å². The van der Waals surface area contributed by atoms with Gasteiger partial charge in [-0.25, -0.2) is 0 Å². The average molecular weight is 333 g/mol. The number of para-hydroxylation sites is 1. The largest absolute Gasteiger partial charge is 0.374 e. The maximum Gasteiger partial charge on any atom is 0.0788 e. The van der Waals surface area contributed by atoms with Gasteiger partial charge in [0.15, 0.2) is 0 Å². The quantitative estimate of drug-likeness (QED) is 0.469. The van der Waals surface area contributed by atoms with E-state index >= 15 is 0 Å². The van der Waals surface area contributed by atoms with E-state index in [1.807, 2.05) is 36.4 Å². The Labute approximate surface area is 146 Å². The van der Waals surface area contributed by atoms with Gasteiger partial charge in [0, 0.05) is 33.4 Å². The molecule has 0 aliphatic carbocycles. The first-order valence-corrected chi connectivity index (χ1v) is 8.32. The van der Waals surface area contributed by atoms with E-state index in [0.29, 0.717) is 0 Å². The van der Waals surface area contributed by atoms with Crippen molar-refractivity contribution < 1.29 is 0 Å². The zero-order chi connectivity index (χ0) is 16.4. The molecule has 0 aliphatic rings. The Morgan fingerprint density at radius 3 is 2.46 bits per heavy atom. The van der Waals surface area contributed by atoms with Crippen LogP contribution >= 0.6 is 11.6 Å². The number of aromatic amines is 1. The number of fused-ring (bicyclic) bond motifs is 1. The highest BCUT2D eigenvalue weighted by atomic mass is 35.5. The summed E-state index contributed by atoms with van der Waals surface area (Å²) in [5.74, 6) is 0. The minimum absolute atomic E-state index is 0.0424. The van der Waals surface area contributed by atoms with E-state index in [9.17, 15) is 0 Å². The summed E-state index contributed by atoms with van der Waals surface area (Å²) in [4.78, 5) is 3.37. The maximum atomic E-state index is 6.15. The SMILES string of the molecule is Clc1cccc(NC(c2ccccc2)c2c[nH]c3ccccc23)c1. The highest BCUT2D eigenvalue weighted by molar-refractivity contribution is 6.30. The first-order chi connectivity index (χ1) is 11.8. The molecule has 0 spiro atoms. The van der Waals surface area contributed by atoms with E-state index in [4.69, 9.17) is 11.6 Å². The Morgan fingerprint density at radius 1 is 0.833 bits per heavy atom. The molecule has 0 fully saturated rings. The van der Waals surface area contributed by atoms with Crippen molar-refractivity contribution in [3.63, 3.8) is 0 Å². The summed E-state index contributed by atoms with van der Waals surface area (Å²) in [7, 11) is 0. The van der Waals surface area contributed by atoms with Crippen LogP contribution in [0.4, 0.5) is 5.69 Å². The van der Waals surface area contributed by atoms with Crippen LogP contribution in [-0.2, 0) is 0 Å². The molecule has 24 heavy (non-hydrogen) atoms. The molecule has 118 valence electrons. The lowest BCUT2D eigenvalue weighted by Gasteiger charge is -2.20. The summed E-state index contributed by atoms with van der Waals surface area (Å²) >= 11 is 6.15. The van der Waals surface area contributed by atoms with Gasteiger partial charge in [-0.3, -0.25) is 0 Å². The lowest BCUT2D eigenvalue weighted by Crippen LogP contribution is -2.12. The average Bonchev–Trinajstić information content (AvgIpc) is 3.04. The number of aromatic nitrogens is 1. The van der Waals surface area contributed by atoms with E-state index in [-0.39, 0.29) is 6.04 Å². The van der Waals surface area contributed by atoms with Gasteiger partial charge in [0.2, 0.25) is 0 Å². The number of halogens is 1. The van der Waals surface area contributed by atoms with Gasteiger partial charge < -0.3 is 10.3 Å². The topological polar surface area (TPSA) is 27.8 Å². The van der Waals surface area contributed by atoms with E-state index in [1.54, 1.807) is 0 Å². The minimum Gasteiger partial charge on any atom is -0.374 e. The van der Waals surface area contributed by atoms with Gasteiger partial charge in [-0.05, 0) is 29.8 Å². The van der Waals surface area contributed by atoms with Crippen molar-refractivity contribution in [2.75, 3.05) is 5.32 Å². The Bertz CT molecular complexity index is 960. The third-order valence-electron chi connectivity index (χ3n) is 4.20. The number of benzene rings is 3. The Hall–Kier alpha value is -2.71. The van der Waals surface area contributed by atoms with Crippen molar-refractivity contribution in [2.45, 2.75) is 6.04 Å². The van der Waals surface area contributed by atoms with Crippen LogP contribution in [-0.4, -0.2) is 4.98 Å². The predicted molar refractivity (Wildman–Crippen MR) is 102 cm³/mol. The fourth-order valence-electron chi connectivity index (χ4n) is 3.06. The Kier molecular flexibility index (Phi) is 3.97. The molecule has 0 aliphatic heterocycles. The smallest absolute Gasteiger partial charge is 0.0788 e. The van der Waals surface area contributed by atoms with Crippen LogP contribution in [0.2, 0.25) is 5.02 Å². The van der Waals surface area contributed by atoms with Crippen molar-refractivity contribution in [2.24, 2.45) is 0 Å². The molecule has 0 saturated heterocycles. The molecule has 0 bridgehead atoms. The molecule has 2 nitrogen and oxygen atoms in total.